The fraction of sp³-hybridized carbons (Fsp3) is 0.462. The number of thiazole rings is 1. The Kier molecular flexibility index (Phi) is 4.59. The van der Waals surface area contributed by atoms with Crippen LogP contribution in [0.4, 0.5) is 5.69 Å². The molecule has 2 aromatic rings. The number of aromatic nitrogens is 3. The lowest BCUT2D eigenvalue weighted by molar-refractivity contribution is 0.501. The van der Waals surface area contributed by atoms with Crippen molar-refractivity contribution in [2.45, 2.75) is 39.8 Å². The van der Waals surface area contributed by atoms with Gasteiger partial charge in [-0.3, -0.25) is 4.79 Å². The highest BCUT2D eigenvalue weighted by molar-refractivity contribution is 9.10. The minimum Gasteiger partial charge on any atom is -0.374 e. The third kappa shape index (κ3) is 3.09. The number of nitrogens with zero attached hydrogens (tertiary/aromatic N) is 3. The van der Waals surface area contributed by atoms with E-state index in [0.717, 1.165) is 10.7 Å². The Morgan fingerprint density at radius 3 is 2.65 bits per heavy atom. The summed E-state index contributed by atoms with van der Waals surface area (Å²) in [4.78, 5) is 16.6. The molecule has 0 bridgehead atoms. The maximum absolute atomic E-state index is 12.2. The molecule has 7 heteroatoms. The highest BCUT2D eigenvalue weighted by Crippen LogP contribution is 2.25. The van der Waals surface area contributed by atoms with Crippen molar-refractivity contribution in [3.05, 3.63) is 37.1 Å². The van der Waals surface area contributed by atoms with E-state index in [4.69, 9.17) is 0 Å². The van der Waals surface area contributed by atoms with Crippen LogP contribution in [0.3, 0.4) is 0 Å². The lowest BCUT2D eigenvalue weighted by Gasteiger charge is -2.15. The van der Waals surface area contributed by atoms with E-state index in [9.17, 15) is 4.79 Å². The van der Waals surface area contributed by atoms with Crippen LogP contribution in [0.15, 0.2) is 20.8 Å². The van der Waals surface area contributed by atoms with Crippen LogP contribution in [0.2, 0.25) is 0 Å². The van der Waals surface area contributed by atoms with Gasteiger partial charge in [0.1, 0.15) is 9.48 Å². The maximum atomic E-state index is 12.2. The summed E-state index contributed by atoms with van der Waals surface area (Å²) in [5.74, 6) is 0. The standard InChI is InChI=1S/C13H17BrN4OS/c1-7(2)18-13(19)11(14)10(5-15-18)17-9(4)12-16-8(3)6-20-12/h5-7,9,17H,1-4H3. The molecule has 1 atom stereocenters. The van der Waals surface area contributed by atoms with Crippen LogP contribution < -0.4 is 10.9 Å². The molecule has 2 aromatic heterocycles. The van der Waals surface area contributed by atoms with E-state index in [-0.39, 0.29) is 17.6 Å². The van der Waals surface area contributed by atoms with Crippen molar-refractivity contribution < 1.29 is 0 Å². The Morgan fingerprint density at radius 2 is 2.10 bits per heavy atom. The third-order valence-electron chi connectivity index (χ3n) is 2.81. The first kappa shape index (κ1) is 15.2. The van der Waals surface area contributed by atoms with E-state index in [1.807, 2.05) is 33.1 Å². The Bertz CT molecular complexity index is 665. The number of halogens is 1. The molecule has 0 aliphatic carbocycles. The summed E-state index contributed by atoms with van der Waals surface area (Å²) >= 11 is 4.96. The topological polar surface area (TPSA) is 59.8 Å². The summed E-state index contributed by atoms with van der Waals surface area (Å²) in [5.41, 5.74) is 1.56. The fourth-order valence-electron chi connectivity index (χ4n) is 1.78. The van der Waals surface area contributed by atoms with Crippen LogP contribution in [0.5, 0.6) is 0 Å². The molecule has 1 unspecified atom stereocenters. The molecule has 0 aliphatic rings. The van der Waals surface area contributed by atoms with E-state index in [2.05, 4.69) is 31.3 Å². The largest absolute Gasteiger partial charge is 0.374 e. The second-order valence-corrected chi connectivity index (χ2v) is 6.59. The first-order valence-corrected chi connectivity index (χ1v) is 8.03. The van der Waals surface area contributed by atoms with Crippen molar-refractivity contribution in [3.8, 4) is 0 Å². The van der Waals surface area contributed by atoms with Crippen LogP contribution >= 0.6 is 27.3 Å². The van der Waals surface area contributed by atoms with Crippen molar-refractivity contribution in [2.24, 2.45) is 0 Å². The molecule has 0 amide bonds. The minimum atomic E-state index is -0.132. The van der Waals surface area contributed by atoms with E-state index < -0.39 is 0 Å². The molecule has 108 valence electrons. The van der Waals surface area contributed by atoms with Gasteiger partial charge in [0.2, 0.25) is 0 Å². The quantitative estimate of drug-likeness (QED) is 0.910. The predicted molar refractivity (Wildman–Crippen MR) is 85.5 cm³/mol. The zero-order valence-electron chi connectivity index (χ0n) is 11.8. The second kappa shape index (κ2) is 6.05. The number of hydrogen-bond donors (Lipinski definition) is 1. The summed E-state index contributed by atoms with van der Waals surface area (Å²) < 4.78 is 1.95. The van der Waals surface area contributed by atoms with Crippen LogP contribution in [0.25, 0.3) is 0 Å². The van der Waals surface area contributed by atoms with Crippen molar-refractivity contribution >= 4 is 33.0 Å². The Hall–Kier alpha value is -1.21. The third-order valence-corrected chi connectivity index (χ3v) is 4.72. The zero-order valence-corrected chi connectivity index (χ0v) is 14.2. The number of aryl methyl sites for hydroxylation is 1. The smallest absolute Gasteiger partial charge is 0.283 e. The van der Waals surface area contributed by atoms with E-state index in [0.29, 0.717) is 10.2 Å². The molecule has 0 saturated heterocycles. The highest BCUT2D eigenvalue weighted by atomic mass is 79.9. The summed E-state index contributed by atoms with van der Waals surface area (Å²) in [7, 11) is 0. The number of nitrogens with one attached hydrogen (secondary N) is 1. The van der Waals surface area contributed by atoms with Gasteiger partial charge in [0.15, 0.2) is 0 Å². The van der Waals surface area contributed by atoms with Gasteiger partial charge in [-0.25, -0.2) is 9.67 Å². The van der Waals surface area contributed by atoms with Crippen LogP contribution in [-0.2, 0) is 0 Å². The molecular formula is C13H17BrN4OS. The first-order chi connectivity index (χ1) is 9.40. The summed E-state index contributed by atoms with van der Waals surface area (Å²) in [6.45, 7) is 7.83. The Labute approximate surface area is 130 Å². The SMILES string of the molecule is Cc1csc(C(C)Nc2cnn(C(C)C)c(=O)c2Br)n1. The minimum absolute atomic E-state index is 0.0288. The number of hydrogen-bond acceptors (Lipinski definition) is 5. The average Bonchev–Trinajstić information content (AvgIpc) is 2.81. The molecule has 0 aromatic carbocycles. The predicted octanol–water partition coefficient (Wildman–Crippen LogP) is 3.52. The van der Waals surface area contributed by atoms with Gasteiger partial charge >= 0.3 is 0 Å². The van der Waals surface area contributed by atoms with Gasteiger partial charge < -0.3 is 5.32 Å². The molecular weight excluding hydrogens is 340 g/mol. The van der Waals surface area contributed by atoms with Gasteiger partial charge in [0, 0.05) is 11.1 Å². The van der Waals surface area contributed by atoms with Crippen LogP contribution in [0, 0.1) is 6.92 Å². The van der Waals surface area contributed by atoms with Gasteiger partial charge in [-0.05, 0) is 43.6 Å². The Morgan fingerprint density at radius 1 is 1.40 bits per heavy atom. The van der Waals surface area contributed by atoms with E-state index >= 15 is 0 Å². The van der Waals surface area contributed by atoms with E-state index in [1.165, 1.54) is 4.68 Å². The second-order valence-electron chi connectivity index (χ2n) is 4.91. The molecule has 2 rings (SSSR count). The van der Waals surface area contributed by atoms with Gasteiger partial charge in [-0.2, -0.15) is 5.10 Å². The number of rotatable bonds is 4. The molecule has 0 spiro atoms. The molecule has 0 aliphatic heterocycles. The van der Waals surface area contributed by atoms with Gasteiger partial charge in [0.25, 0.3) is 5.56 Å². The lowest BCUT2D eigenvalue weighted by atomic mass is 10.3. The van der Waals surface area contributed by atoms with Gasteiger partial charge in [0.05, 0.1) is 24.0 Å². The van der Waals surface area contributed by atoms with Gasteiger partial charge in [-0.1, -0.05) is 0 Å². The van der Waals surface area contributed by atoms with Crippen molar-refractivity contribution in [3.63, 3.8) is 0 Å². The summed E-state index contributed by atoms with van der Waals surface area (Å²) in [6, 6.07) is 0.0629. The first-order valence-electron chi connectivity index (χ1n) is 6.36. The molecule has 0 radical (unpaired) electrons. The molecule has 0 fully saturated rings. The van der Waals surface area contributed by atoms with Crippen molar-refractivity contribution in [2.75, 3.05) is 5.32 Å². The molecule has 2 heterocycles. The highest BCUT2D eigenvalue weighted by Gasteiger charge is 2.15. The zero-order chi connectivity index (χ0) is 14.9. The Balaban J connectivity index is 2.26. The molecule has 5 nitrogen and oxygen atoms in total. The van der Waals surface area contributed by atoms with Crippen LogP contribution in [-0.4, -0.2) is 14.8 Å². The fourth-order valence-corrected chi connectivity index (χ4v) is 2.98. The molecule has 1 N–H and O–H groups in total. The molecule has 0 saturated carbocycles. The maximum Gasteiger partial charge on any atom is 0.283 e. The monoisotopic (exact) mass is 356 g/mol. The average molecular weight is 357 g/mol. The normalized spacial score (nSPS) is 12.7. The molecule has 20 heavy (non-hydrogen) atoms. The van der Waals surface area contributed by atoms with Crippen LogP contribution in [0.1, 0.15) is 43.6 Å². The number of anilines is 1. The van der Waals surface area contributed by atoms with E-state index in [1.54, 1.807) is 17.5 Å². The van der Waals surface area contributed by atoms with Gasteiger partial charge in [-0.15, -0.1) is 11.3 Å². The lowest BCUT2D eigenvalue weighted by Crippen LogP contribution is -2.26. The summed E-state index contributed by atoms with van der Waals surface area (Å²) in [5, 5.41) is 10.5. The summed E-state index contributed by atoms with van der Waals surface area (Å²) in [6.07, 6.45) is 1.67. The van der Waals surface area contributed by atoms with Crippen molar-refractivity contribution in [1.82, 2.24) is 14.8 Å². The van der Waals surface area contributed by atoms with Crippen molar-refractivity contribution in [1.29, 1.82) is 0 Å².